The molecule has 0 saturated heterocycles. The first kappa shape index (κ1) is 15.8. The van der Waals surface area contributed by atoms with Crippen LogP contribution in [0.3, 0.4) is 0 Å². The van der Waals surface area contributed by atoms with Crippen molar-refractivity contribution < 1.29 is 4.39 Å². The second-order valence-corrected chi connectivity index (χ2v) is 6.66. The Morgan fingerprint density at radius 2 is 1.84 bits per heavy atom. The van der Waals surface area contributed by atoms with E-state index in [2.05, 4.69) is 30.9 Å². The summed E-state index contributed by atoms with van der Waals surface area (Å²) in [6.45, 7) is 0. The molecule has 0 bridgehead atoms. The molecular formula is C20H13BrFN3. The third-order valence-electron chi connectivity index (χ3n) is 3.95. The van der Waals surface area contributed by atoms with E-state index in [1.807, 2.05) is 36.4 Å². The van der Waals surface area contributed by atoms with Gasteiger partial charge in [-0.1, -0.05) is 40.2 Å². The number of aromatic nitrogens is 3. The van der Waals surface area contributed by atoms with Crippen LogP contribution in [0.2, 0.25) is 0 Å². The van der Waals surface area contributed by atoms with Crippen molar-refractivity contribution in [1.29, 1.82) is 0 Å². The molecule has 0 fully saturated rings. The number of halogens is 2. The Labute approximate surface area is 152 Å². The lowest BCUT2D eigenvalue weighted by molar-refractivity contribution is 0.613. The Kier molecular flexibility index (Phi) is 4.24. The van der Waals surface area contributed by atoms with Crippen molar-refractivity contribution in [3.63, 3.8) is 0 Å². The number of hydrogen-bond acceptors (Lipinski definition) is 3. The van der Waals surface area contributed by atoms with Crippen LogP contribution in [0, 0.1) is 5.82 Å². The first-order valence-corrected chi connectivity index (χ1v) is 8.58. The number of rotatable bonds is 3. The van der Waals surface area contributed by atoms with Gasteiger partial charge in [-0.3, -0.25) is 4.98 Å². The van der Waals surface area contributed by atoms with Gasteiger partial charge in [0.25, 0.3) is 0 Å². The minimum atomic E-state index is -0.235. The fourth-order valence-electron chi connectivity index (χ4n) is 2.70. The summed E-state index contributed by atoms with van der Waals surface area (Å²) in [5.41, 5.74) is 3.25. The van der Waals surface area contributed by atoms with Gasteiger partial charge in [-0.25, -0.2) is 14.4 Å². The fraction of sp³-hybridized carbons (Fsp3) is 0.0500. The predicted molar refractivity (Wildman–Crippen MR) is 99.7 cm³/mol. The SMILES string of the molecule is Fc1cc(Br)ccc1Cc1cncc(-c2ncc3ccccc3n2)c1. The van der Waals surface area contributed by atoms with E-state index in [1.165, 1.54) is 6.07 Å². The van der Waals surface area contributed by atoms with Crippen LogP contribution in [0.15, 0.2) is 71.6 Å². The molecule has 0 amide bonds. The summed E-state index contributed by atoms with van der Waals surface area (Å²) in [6.07, 6.45) is 5.74. The van der Waals surface area contributed by atoms with Gasteiger partial charge in [0.2, 0.25) is 0 Å². The molecule has 5 heteroatoms. The van der Waals surface area contributed by atoms with Crippen LogP contribution < -0.4 is 0 Å². The zero-order chi connectivity index (χ0) is 17.2. The highest BCUT2D eigenvalue weighted by Crippen LogP contribution is 2.22. The molecule has 4 rings (SSSR count). The third-order valence-corrected chi connectivity index (χ3v) is 4.45. The molecular weight excluding hydrogens is 381 g/mol. The Bertz CT molecular complexity index is 1070. The molecule has 2 aromatic carbocycles. The fourth-order valence-corrected chi connectivity index (χ4v) is 3.04. The van der Waals surface area contributed by atoms with Crippen molar-refractivity contribution in [2.75, 3.05) is 0 Å². The molecule has 0 radical (unpaired) electrons. The average molecular weight is 394 g/mol. The maximum absolute atomic E-state index is 14.1. The maximum Gasteiger partial charge on any atom is 0.161 e. The van der Waals surface area contributed by atoms with E-state index in [9.17, 15) is 4.39 Å². The van der Waals surface area contributed by atoms with Crippen molar-refractivity contribution in [3.8, 4) is 11.4 Å². The quantitative estimate of drug-likeness (QED) is 0.480. The van der Waals surface area contributed by atoms with E-state index in [1.54, 1.807) is 24.7 Å². The summed E-state index contributed by atoms with van der Waals surface area (Å²) < 4.78 is 14.8. The molecule has 0 unspecified atom stereocenters. The van der Waals surface area contributed by atoms with E-state index in [0.29, 0.717) is 17.8 Å². The summed E-state index contributed by atoms with van der Waals surface area (Å²) in [7, 11) is 0. The maximum atomic E-state index is 14.1. The summed E-state index contributed by atoms with van der Waals surface area (Å²) in [5, 5.41) is 0.993. The molecule has 122 valence electrons. The van der Waals surface area contributed by atoms with Crippen LogP contribution in [0.4, 0.5) is 4.39 Å². The van der Waals surface area contributed by atoms with Crippen LogP contribution in [0.1, 0.15) is 11.1 Å². The Morgan fingerprint density at radius 3 is 2.72 bits per heavy atom. The monoisotopic (exact) mass is 393 g/mol. The molecule has 0 aliphatic rings. The smallest absolute Gasteiger partial charge is 0.161 e. The Hall–Kier alpha value is -2.66. The number of pyridine rings is 1. The van der Waals surface area contributed by atoms with E-state index in [-0.39, 0.29) is 5.82 Å². The summed E-state index contributed by atoms with van der Waals surface area (Å²) in [6, 6.07) is 14.9. The van der Waals surface area contributed by atoms with Crippen LogP contribution in [-0.4, -0.2) is 15.0 Å². The highest BCUT2D eigenvalue weighted by Gasteiger charge is 2.08. The van der Waals surface area contributed by atoms with Gasteiger partial charge in [0.15, 0.2) is 5.82 Å². The second-order valence-electron chi connectivity index (χ2n) is 5.75. The van der Waals surface area contributed by atoms with Gasteiger partial charge in [0.1, 0.15) is 5.82 Å². The van der Waals surface area contributed by atoms with Gasteiger partial charge in [-0.15, -0.1) is 0 Å². The highest BCUT2D eigenvalue weighted by molar-refractivity contribution is 9.10. The van der Waals surface area contributed by atoms with Crippen molar-refractivity contribution in [2.24, 2.45) is 0 Å². The van der Waals surface area contributed by atoms with Gasteiger partial charge < -0.3 is 0 Å². The van der Waals surface area contributed by atoms with Gasteiger partial charge >= 0.3 is 0 Å². The average Bonchev–Trinajstić information content (AvgIpc) is 2.64. The van der Waals surface area contributed by atoms with Gasteiger partial charge in [-0.2, -0.15) is 0 Å². The zero-order valence-electron chi connectivity index (χ0n) is 13.2. The molecule has 2 aromatic heterocycles. The largest absolute Gasteiger partial charge is 0.264 e. The van der Waals surface area contributed by atoms with Crippen molar-refractivity contribution in [3.05, 3.63) is 88.5 Å². The predicted octanol–water partition coefficient (Wildman–Crippen LogP) is 5.18. The number of nitrogens with zero attached hydrogens (tertiary/aromatic N) is 3. The lowest BCUT2D eigenvalue weighted by atomic mass is 10.0. The van der Waals surface area contributed by atoms with Crippen LogP contribution >= 0.6 is 15.9 Å². The molecule has 0 saturated carbocycles. The van der Waals surface area contributed by atoms with Gasteiger partial charge in [0.05, 0.1) is 5.52 Å². The van der Waals surface area contributed by atoms with E-state index in [4.69, 9.17) is 0 Å². The molecule has 0 atom stereocenters. The summed E-state index contributed by atoms with van der Waals surface area (Å²) in [4.78, 5) is 13.3. The number of fused-ring (bicyclic) bond motifs is 1. The Balaban J connectivity index is 1.68. The number of hydrogen-bond donors (Lipinski definition) is 0. The first-order chi connectivity index (χ1) is 12.2. The highest BCUT2D eigenvalue weighted by atomic mass is 79.9. The van der Waals surface area contributed by atoms with Crippen molar-refractivity contribution in [1.82, 2.24) is 15.0 Å². The van der Waals surface area contributed by atoms with Crippen molar-refractivity contribution >= 4 is 26.8 Å². The molecule has 4 aromatic rings. The van der Waals surface area contributed by atoms with Gasteiger partial charge in [-0.05, 0) is 35.4 Å². The lowest BCUT2D eigenvalue weighted by Crippen LogP contribution is -1.96. The number of benzene rings is 2. The molecule has 2 heterocycles. The lowest BCUT2D eigenvalue weighted by Gasteiger charge is -2.06. The Morgan fingerprint density at radius 1 is 0.960 bits per heavy atom. The summed E-state index contributed by atoms with van der Waals surface area (Å²) in [5.74, 6) is 0.381. The molecule has 0 N–H and O–H groups in total. The third kappa shape index (κ3) is 3.42. The minimum Gasteiger partial charge on any atom is -0.264 e. The topological polar surface area (TPSA) is 38.7 Å². The molecule has 0 aliphatic carbocycles. The molecule has 3 nitrogen and oxygen atoms in total. The first-order valence-electron chi connectivity index (χ1n) is 7.79. The standard InChI is InChI=1S/C20H13BrFN3/c21-17-6-5-14(18(22)9-17)7-13-8-16(11-23-10-13)20-24-12-15-3-1-2-4-19(15)25-20/h1-6,8-12H,7H2. The second kappa shape index (κ2) is 6.69. The zero-order valence-corrected chi connectivity index (χ0v) is 14.7. The van der Waals surface area contributed by atoms with Gasteiger partial charge in [0, 0.05) is 40.4 Å². The summed E-state index contributed by atoms with van der Waals surface area (Å²) >= 11 is 3.27. The van der Waals surface area contributed by atoms with E-state index >= 15 is 0 Å². The molecule has 0 spiro atoms. The molecule has 25 heavy (non-hydrogen) atoms. The molecule has 0 aliphatic heterocycles. The normalized spacial score (nSPS) is 11.0. The van der Waals surface area contributed by atoms with Crippen LogP contribution in [0.5, 0.6) is 0 Å². The minimum absolute atomic E-state index is 0.235. The van der Waals surface area contributed by atoms with Crippen LogP contribution in [0.25, 0.3) is 22.3 Å². The van der Waals surface area contributed by atoms with Crippen LogP contribution in [-0.2, 0) is 6.42 Å². The van der Waals surface area contributed by atoms with Crippen molar-refractivity contribution in [2.45, 2.75) is 6.42 Å². The van der Waals surface area contributed by atoms with E-state index in [0.717, 1.165) is 26.5 Å². The number of para-hydroxylation sites is 1. The van der Waals surface area contributed by atoms with E-state index < -0.39 is 0 Å².